The second-order valence-corrected chi connectivity index (χ2v) is 33.6. The van der Waals surface area contributed by atoms with Crippen molar-refractivity contribution in [3.63, 3.8) is 0 Å². The average Bonchev–Trinajstić information content (AvgIpc) is 1.59. The van der Waals surface area contributed by atoms with E-state index >= 15 is 0 Å². The SMILES string of the molecule is CC(C)c1c(C(=O)Nc2ccccc2)c(-c2ccc(OCCOCCCC(=O)OCc3ccccc3)cc2)c(-c2ccc(F)cc2)n1CC[C@@H]1C[C@H](CC(=O)OC(C)(C)C)OC(C)(C)O1.CC(C)c1c(C(=O)Nc2ccccc2)c(-c2ccc(OCCOCCN)cc2)c(-c2ccc(F)cc2)n1CC[C@@H]1C[C@H](CC(=O)OC(C)(C)C)OC(C)(C)O1.CO. The number of nitrogens with zero attached hydrogens (tertiary/aromatic N) is 2. The standard InChI is InChI=1S/C53H63FN2O9.C44H56FN3O7.CH4O/c1-36(2)49-48(51(59)55-41-17-12-9-13-18-41)47(38-22-26-42(27-23-38)61-32-31-60-30-14-19-45(57)62-35-37-15-10-8-11-16-37)50(39-20-24-40(54)25-21-39)56(49)29-28-43-33-44(64-53(6,7)63-43)34-46(58)65-52(3,4)5;1-29(2)40-39(42(50)47-33-11-9-8-10-12-33)38(30-15-19-34(20-16-30)52-26-25-51-24-22-46)41(31-13-17-32(45)18-14-31)48(40)23-21-35-27-36(54-44(6,7)53-35)28-37(49)55-43(3,4)5;1-2/h8-13,15-18,20-27,36,43-44H,14,19,28-35H2,1-7H3,(H,55,59);8-20,29,35-36H,21-28,46H2,1-7H3,(H,47,50);2H,1H3/t43-,44-;35-,36-;/m11./s1. The molecule has 9 aromatic rings. The molecule has 24 heteroatoms. The van der Waals surface area contributed by atoms with Crippen LogP contribution in [0.1, 0.15) is 198 Å². The highest BCUT2D eigenvalue weighted by atomic mass is 19.1. The monoisotopic (exact) mass is 1680 g/mol. The van der Waals surface area contributed by atoms with Gasteiger partial charge in [0.25, 0.3) is 11.8 Å². The van der Waals surface area contributed by atoms with E-state index in [4.69, 9.17) is 62.9 Å². The fourth-order valence-corrected chi connectivity index (χ4v) is 15.2. The van der Waals surface area contributed by atoms with Crippen molar-refractivity contribution in [3.05, 3.63) is 228 Å². The van der Waals surface area contributed by atoms with E-state index in [0.717, 1.165) is 63.3 Å². The van der Waals surface area contributed by atoms with Gasteiger partial charge in [-0.15, -0.1) is 0 Å². The number of anilines is 2. The summed E-state index contributed by atoms with van der Waals surface area (Å²) in [5.74, 6) is -3.02. The van der Waals surface area contributed by atoms with Crippen molar-refractivity contribution in [1.29, 1.82) is 0 Å². The van der Waals surface area contributed by atoms with Gasteiger partial charge in [-0.25, -0.2) is 8.78 Å². The number of halogens is 2. The van der Waals surface area contributed by atoms with E-state index in [1.54, 1.807) is 24.3 Å². The smallest absolute Gasteiger partial charge is 0.308 e. The van der Waals surface area contributed by atoms with Crippen molar-refractivity contribution in [2.45, 2.75) is 227 Å². The second kappa shape index (κ2) is 45.1. The first-order valence-electron chi connectivity index (χ1n) is 42.1. The van der Waals surface area contributed by atoms with Crippen LogP contribution in [0.4, 0.5) is 20.2 Å². The summed E-state index contributed by atoms with van der Waals surface area (Å²) in [5, 5.41) is 13.3. The third-order valence-corrected chi connectivity index (χ3v) is 19.7. The molecule has 2 saturated heterocycles. The molecule has 0 radical (unpaired) electrons. The molecule has 11 rings (SSSR count). The summed E-state index contributed by atoms with van der Waals surface area (Å²) in [5.41, 5.74) is 15.2. The van der Waals surface area contributed by atoms with Crippen LogP contribution < -0.4 is 25.8 Å². The number of rotatable bonds is 36. The minimum absolute atomic E-state index is 0.0902. The molecule has 0 saturated carbocycles. The number of para-hydroxylation sites is 2. The quantitative estimate of drug-likeness (QED) is 0.0161. The van der Waals surface area contributed by atoms with Gasteiger partial charge >= 0.3 is 17.9 Å². The third kappa shape index (κ3) is 28.9. The van der Waals surface area contributed by atoms with E-state index in [1.807, 2.05) is 209 Å². The first-order valence-corrected chi connectivity index (χ1v) is 42.1. The average molecular weight is 1680 g/mol. The summed E-state index contributed by atoms with van der Waals surface area (Å²) in [6.07, 6.45) is 1.67. The number of carbonyl (C=O) groups is 5. The lowest BCUT2D eigenvalue weighted by atomic mass is 9.94. The van der Waals surface area contributed by atoms with E-state index in [0.29, 0.717) is 131 Å². The van der Waals surface area contributed by atoms with Gasteiger partial charge in [-0.2, -0.15) is 0 Å². The lowest BCUT2D eigenvalue weighted by Crippen LogP contribution is -2.46. The van der Waals surface area contributed by atoms with Gasteiger partial charge in [0.05, 0.1) is 79.6 Å². The zero-order valence-corrected chi connectivity index (χ0v) is 73.3. The maximum atomic E-state index is 14.7. The Kier molecular flexibility index (Phi) is 35.3. The number of esters is 3. The number of nitrogens with two attached hydrogens (primary N) is 1. The van der Waals surface area contributed by atoms with E-state index in [1.165, 1.54) is 24.3 Å². The Morgan fingerprint density at radius 1 is 0.475 bits per heavy atom. The summed E-state index contributed by atoms with van der Waals surface area (Å²) < 4.78 is 98.4. The van der Waals surface area contributed by atoms with Crippen LogP contribution >= 0.6 is 0 Å². The summed E-state index contributed by atoms with van der Waals surface area (Å²) >= 11 is 0. The maximum Gasteiger partial charge on any atom is 0.308 e. The Balaban J connectivity index is 0.000000275. The van der Waals surface area contributed by atoms with Gasteiger partial charge in [0, 0.05) is 86.5 Å². The minimum atomic E-state index is -0.951. The van der Waals surface area contributed by atoms with Crippen LogP contribution in [0.2, 0.25) is 0 Å². The molecule has 2 aliphatic rings. The van der Waals surface area contributed by atoms with E-state index < -0.39 is 35.0 Å². The summed E-state index contributed by atoms with van der Waals surface area (Å²) in [6, 6.07) is 56.2. The zero-order valence-electron chi connectivity index (χ0n) is 73.3. The van der Waals surface area contributed by atoms with Gasteiger partial charge in [0.2, 0.25) is 0 Å². The predicted molar refractivity (Wildman–Crippen MR) is 470 cm³/mol. The van der Waals surface area contributed by atoms with Gasteiger partial charge < -0.3 is 82.7 Å². The van der Waals surface area contributed by atoms with Gasteiger partial charge in [-0.05, 0) is 225 Å². The fraction of sp³-hybridized carbons (Fsp3) is 0.439. The molecule has 2 aromatic heterocycles. The van der Waals surface area contributed by atoms with Crippen molar-refractivity contribution in [3.8, 4) is 56.3 Å². The molecule has 5 N–H and O–H groups in total. The van der Waals surface area contributed by atoms with Crippen LogP contribution in [0.15, 0.2) is 188 Å². The summed E-state index contributed by atoms with van der Waals surface area (Å²) in [7, 11) is 1.00. The molecule has 2 amide bonds. The van der Waals surface area contributed by atoms with Gasteiger partial charge in [0.15, 0.2) is 11.6 Å². The molecule has 2 aliphatic heterocycles. The Morgan fingerprint density at radius 2 is 0.836 bits per heavy atom. The molecule has 656 valence electrons. The van der Waals surface area contributed by atoms with Crippen LogP contribution in [0.25, 0.3) is 44.8 Å². The molecule has 22 nitrogen and oxygen atoms in total. The second-order valence-electron chi connectivity index (χ2n) is 33.6. The number of hydrogen-bond acceptors (Lipinski definition) is 18. The van der Waals surface area contributed by atoms with Gasteiger partial charge in [-0.1, -0.05) is 119 Å². The lowest BCUT2D eigenvalue weighted by molar-refractivity contribution is -0.301. The highest BCUT2D eigenvalue weighted by Crippen LogP contribution is 2.47. The van der Waals surface area contributed by atoms with E-state index in [2.05, 4.69) is 47.5 Å². The lowest BCUT2D eigenvalue weighted by Gasteiger charge is -2.41. The number of hydrogen-bond donors (Lipinski definition) is 4. The fourth-order valence-electron chi connectivity index (χ4n) is 15.2. The number of ether oxygens (including phenoxy) is 11. The number of aliphatic hydroxyl groups is 1. The molecule has 0 aliphatic carbocycles. The molecule has 4 atom stereocenters. The van der Waals surface area contributed by atoms with Crippen molar-refractivity contribution in [2.75, 3.05) is 63.9 Å². The predicted octanol–water partition coefficient (Wildman–Crippen LogP) is 19.6. The van der Waals surface area contributed by atoms with Crippen LogP contribution in [0.3, 0.4) is 0 Å². The summed E-state index contributed by atoms with van der Waals surface area (Å²) in [6.45, 7) is 30.6. The van der Waals surface area contributed by atoms with E-state index in [9.17, 15) is 32.8 Å². The van der Waals surface area contributed by atoms with E-state index in [-0.39, 0.29) is 91.3 Å². The van der Waals surface area contributed by atoms with Crippen molar-refractivity contribution < 1.29 is 90.0 Å². The summed E-state index contributed by atoms with van der Waals surface area (Å²) in [4.78, 5) is 67.2. The Bertz CT molecular complexity index is 4790. The molecule has 7 aromatic carbocycles. The Labute approximate surface area is 717 Å². The normalized spacial score (nSPS) is 16.2. The first-order chi connectivity index (χ1) is 58.2. The highest BCUT2D eigenvalue weighted by molar-refractivity contribution is 6.13. The topological polar surface area (TPSA) is 267 Å². The van der Waals surface area contributed by atoms with Gasteiger partial charge in [0.1, 0.15) is 54.2 Å². The molecular formula is C98H123F2N5O17. The molecule has 4 heterocycles. The molecule has 0 bridgehead atoms. The zero-order chi connectivity index (χ0) is 88.3. The van der Waals surface area contributed by atoms with Crippen LogP contribution in [0.5, 0.6) is 11.5 Å². The molecular weight excluding hydrogens is 1560 g/mol. The van der Waals surface area contributed by atoms with Crippen LogP contribution in [0, 0.1) is 11.6 Å². The highest BCUT2D eigenvalue weighted by Gasteiger charge is 2.41. The van der Waals surface area contributed by atoms with Crippen molar-refractivity contribution in [2.24, 2.45) is 5.73 Å². The van der Waals surface area contributed by atoms with Crippen LogP contribution in [-0.4, -0.2) is 144 Å². The molecule has 0 unspecified atom stereocenters. The number of carbonyl (C=O) groups excluding carboxylic acids is 5. The Hall–Kier alpha value is -10.4. The number of aliphatic hydroxyl groups excluding tert-OH is 1. The molecule has 122 heavy (non-hydrogen) atoms. The van der Waals surface area contributed by atoms with Crippen molar-refractivity contribution >= 4 is 41.1 Å². The minimum Gasteiger partial charge on any atom is -0.491 e. The van der Waals surface area contributed by atoms with Crippen LogP contribution in [-0.2, 0) is 76.7 Å². The number of nitrogens with one attached hydrogen (secondary N) is 2. The first kappa shape index (κ1) is 95.4. The largest absolute Gasteiger partial charge is 0.491 e. The maximum absolute atomic E-state index is 14.7. The molecule has 0 spiro atoms. The Morgan fingerprint density at radius 3 is 1.20 bits per heavy atom. The third-order valence-electron chi connectivity index (χ3n) is 19.7. The number of benzene rings is 7. The van der Waals surface area contributed by atoms with Gasteiger partial charge in [-0.3, -0.25) is 24.0 Å². The van der Waals surface area contributed by atoms with Crippen molar-refractivity contribution in [1.82, 2.24) is 9.13 Å². The number of amides is 2. The molecule has 2 fully saturated rings. The number of aromatic nitrogens is 2.